The molecule has 4 heteroatoms. The van der Waals surface area contributed by atoms with Crippen LogP contribution in [0.1, 0.15) is 69.8 Å². The van der Waals surface area contributed by atoms with E-state index in [0.717, 1.165) is 61.5 Å². The normalized spacial score (nSPS) is 34.1. The summed E-state index contributed by atoms with van der Waals surface area (Å²) < 4.78 is 32.7. The maximum absolute atomic E-state index is 13.7. The van der Waals surface area contributed by atoms with Gasteiger partial charge in [0.25, 0.3) is 0 Å². The van der Waals surface area contributed by atoms with Crippen LogP contribution < -0.4 is 4.74 Å². The molecule has 164 valence electrons. The van der Waals surface area contributed by atoms with Gasteiger partial charge in [-0.2, -0.15) is 0 Å². The van der Waals surface area contributed by atoms with E-state index in [9.17, 15) is 13.6 Å². The molecule has 3 aliphatic carbocycles. The molecule has 3 aliphatic rings. The fraction of sp³-hybridized carbons (Fsp3) is 0.654. The number of carbonyl (C=O) groups excluding carboxylic acids is 1. The van der Waals surface area contributed by atoms with Crippen molar-refractivity contribution in [2.24, 2.45) is 35.5 Å². The fourth-order valence-electron chi connectivity index (χ4n) is 6.31. The van der Waals surface area contributed by atoms with Gasteiger partial charge in [-0.3, -0.25) is 4.79 Å². The van der Waals surface area contributed by atoms with Gasteiger partial charge >= 0.3 is 5.97 Å². The lowest BCUT2D eigenvalue weighted by Crippen LogP contribution is -2.35. The molecule has 0 N–H and O–H groups in total. The molecule has 0 spiro atoms. The van der Waals surface area contributed by atoms with Crippen molar-refractivity contribution < 1.29 is 18.3 Å². The largest absolute Gasteiger partial charge is 0.426 e. The van der Waals surface area contributed by atoms with Crippen molar-refractivity contribution in [3.8, 4) is 5.75 Å². The second kappa shape index (κ2) is 9.20. The monoisotopic (exact) mass is 416 g/mol. The van der Waals surface area contributed by atoms with Gasteiger partial charge in [-0.05, 0) is 101 Å². The molecule has 3 saturated carbocycles. The Bertz CT molecular complexity index is 758. The maximum Gasteiger partial charge on any atom is 0.314 e. The topological polar surface area (TPSA) is 26.3 Å². The third kappa shape index (κ3) is 4.63. The number of ether oxygens (including phenoxy) is 1. The van der Waals surface area contributed by atoms with Crippen LogP contribution >= 0.6 is 0 Å². The Labute approximate surface area is 179 Å². The molecule has 30 heavy (non-hydrogen) atoms. The second-order valence-corrected chi connectivity index (χ2v) is 9.95. The Morgan fingerprint density at radius 2 is 1.43 bits per heavy atom. The molecule has 0 aliphatic heterocycles. The van der Waals surface area contributed by atoms with Crippen molar-refractivity contribution in [1.29, 1.82) is 0 Å². The van der Waals surface area contributed by atoms with Gasteiger partial charge < -0.3 is 4.74 Å². The van der Waals surface area contributed by atoms with E-state index in [1.165, 1.54) is 45.4 Å². The molecule has 2 nitrogen and oxygen atoms in total. The van der Waals surface area contributed by atoms with Gasteiger partial charge in [0, 0.05) is 17.7 Å². The van der Waals surface area contributed by atoms with Crippen molar-refractivity contribution in [2.75, 3.05) is 0 Å². The Morgan fingerprint density at radius 1 is 0.900 bits per heavy atom. The van der Waals surface area contributed by atoms with Crippen molar-refractivity contribution in [3.63, 3.8) is 0 Å². The lowest BCUT2D eigenvalue weighted by molar-refractivity contribution is -0.140. The summed E-state index contributed by atoms with van der Waals surface area (Å²) in [5.74, 6) is 2.10. The minimum Gasteiger partial charge on any atom is -0.426 e. The summed E-state index contributed by atoms with van der Waals surface area (Å²) in [7, 11) is 0. The number of rotatable bonds is 4. The minimum atomic E-state index is -0.681. The zero-order valence-corrected chi connectivity index (χ0v) is 18.0. The maximum atomic E-state index is 13.7. The van der Waals surface area contributed by atoms with Gasteiger partial charge in [0.05, 0.1) is 5.92 Å². The number of allylic oxidation sites excluding steroid dienone is 1. The van der Waals surface area contributed by atoms with E-state index in [1.807, 2.05) is 0 Å². The van der Waals surface area contributed by atoms with Crippen LogP contribution in [0.15, 0.2) is 24.8 Å². The zero-order valence-electron chi connectivity index (χ0n) is 18.0. The first-order chi connectivity index (χ1) is 14.4. The number of hydrogen-bond acceptors (Lipinski definition) is 2. The highest BCUT2D eigenvalue weighted by molar-refractivity contribution is 5.75. The summed E-state index contributed by atoms with van der Waals surface area (Å²) in [6.07, 6.45) is 13.9. The Balaban J connectivity index is 1.27. The van der Waals surface area contributed by atoms with Crippen molar-refractivity contribution in [1.82, 2.24) is 0 Å². The summed E-state index contributed by atoms with van der Waals surface area (Å²) in [5, 5.41) is 0. The smallest absolute Gasteiger partial charge is 0.314 e. The first kappa shape index (κ1) is 21.5. The molecule has 1 aromatic carbocycles. The molecular weight excluding hydrogens is 382 g/mol. The van der Waals surface area contributed by atoms with Gasteiger partial charge in [0.2, 0.25) is 0 Å². The van der Waals surface area contributed by atoms with Crippen LogP contribution in [0.25, 0.3) is 0 Å². The summed E-state index contributed by atoms with van der Waals surface area (Å²) in [6, 6.07) is 2.20. The molecule has 0 radical (unpaired) electrons. The predicted molar refractivity (Wildman–Crippen MR) is 114 cm³/mol. The van der Waals surface area contributed by atoms with Gasteiger partial charge in [0.1, 0.15) is 17.4 Å². The van der Waals surface area contributed by atoms with Crippen LogP contribution in [-0.2, 0) is 4.79 Å². The highest BCUT2D eigenvalue weighted by atomic mass is 19.1. The number of hydrogen-bond donors (Lipinski definition) is 0. The van der Waals surface area contributed by atoms with Gasteiger partial charge in [-0.1, -0.05) is 6.08 Å². The molecule has 3 fully saturated rings. The fourth-order valence-corrected chi connectivity index (χ4v) is 6.31. The summed E-state index contributed by atoms with van der Waals surface area (Å²) in [6.45, 7) is 5.37. The third-order valence-corrected chi connectivity index (χ3v) is 8.27. The van der Waals surface area contributed by atoms with E-state index in [4.69, 9.17) is 4.74 Å². The van der Waals surface area contributed by atoms with Crippen LogP contribution in [-0.4, -0.2) is 5.97 Å². The standard InChI is InChI=1S/C26H34F2O2/c1-3-17-4-5-22-13-21(11-10-20(22)12-17)18-6-8-19(9-7-18)26(29)30-23-14-24(27)16(2)25(28)15-23/h3,14-15,17-22H,1,4-13H2,2H3. The van der Waals surface area contributed by atoms with E-state index in [-0.39, 0.29) is 23.2 Å². The van der Waals surface area contributed by atoms with Crippen molar-refractivity contribution in [2.45, 2.75) is 71.1 Å². The van der Waals surface area contributed by atoms with Gasteiger partial charge in [-0.25, -0.2) is 8.78 Å². The van der Waals surface area contributed by atoms with Crippen LogP contribution in [0, 0.1) is 54.1 Å². The van der Waals surface area contributed by atoms with E-state index < -0.39 is 11.6 Å². The summed E-state index contributed by atoms with van der Waals surface area (Å²) >= 11 is 0. The molecule has 0 amide bonds. The first-order valence-electron chi connectivity index (χ1n) is 11.7. The average Bonchev–Trinajstić information content (AvgIpc) is 2.76. The van der Waals surface area contributed by atoms with Crippen LogP contribution in [0.2, 0.25) is 0 Å². The van der Waals surface area contributed by atoms with E-state index in [1.54, 1.807) is 0 Å². The molecule has 0 aromatic heterocycles. The molecule has 1 aromatic rings. The summed E-state index contributed by atoms with van der Waals surface area (Å²) in [4.78, 5) is 12.5. The van der Waals surface area contributed by atoms with Crippen LogP contribution in [0.4, 0.5) is 8.78 Å². The van der Waals surface area contributed by atoms with Gasteiger partial charge in [0.15, 0.2) is 0 Å². The van der Waals surface area contributed by atoms with Crippen molar-refractivity contribution in [3.05, 3.63) is 42.0 Å². The van der Waals surface area contributed by atoms with Crippen molar-refractivity contribution >= 4 is 5.97 Å². The Kier molecular flexibility index (Phi) is 6.60. The SMILES string of the molecule is C=CC1CCC2CC(C3CCC(C(=O)Oc4cc(F)c(C)c(F)c4)CC3)CCC2C1. The Hall–Kier alpha value is -1.71. The van der Waals surface area contributed by atoms with Crippen LogP contribution in [0.5, 0.6) is 5.75 Å². The second-order valence-electron chi connectivity index (χ2n) is 9.95. The highest BCUT2D eigenvalue weighted by Gasteiger charge is 2.39. The summed E-state index contributed by atoms with van der Waals surface area (Å²) in [5.41, 5.74) is -0.0528. The molecule has 4 rings (SSSR count). The quantitative estimate of drug-likeness (QED) is 0.300. The lowest BCUT2D eigenvalue weighted by Gasteiger charge is -2.45. The zero-order chi connectivity index (χ0) is 21.3. The molecule has 0 bridgehead atoms. The van der Waals surface area contributed by atoms with Crippen LogP contribution in [0.3, 0.4) is 0 Å². The van der Waals surface area contributed by atoms with E-state index >= 15 is 0 Å². The van der Waals surface area contributed by atoms with E-state index in [0.29, 0.717) is 5.92 Å². The molecule has 4 atom stereocenters. The number of halogens is 2. The number of carbonyl (C=O) groups is 1. The molecule has 0 saturated heterocycles. The number of benzene rings is 1. The molecule has 4 unspecified atom stereocenters. The average molecular weight is 417 g/mol. The molecular formula is C26H34F2O2. The van der Waals surface area contributed by atoms with E-state index in [2.05, 4.69) is 12.7 Å². The lowest BCUT2D eigenvalue weighted by atomic mass is 9.61. The third-order valence-electron chi connectivity index (χ3n) is 8.27. The number of fused-ring (bicyclic) bond motifs is 1. The predicted octanol–water partition coefficient (Wildman–Crippen LogP) is 7.00. The number of esters is 1. The molecule has 0 heterocycles. The van der Waals surface area contributed by atoms with Gasteiger partial charge in [-0.15, -0.1) is 6.58 Å². The Morgan fingerprint density at radius 3 is 2.07 bits per heavy atom. The highest BCUT2D eigenvalue weighted by Crippen LogP contribution is 2.49. The minimum absolute atomic E-state index is 0.0313. The first-order valence-corrected chi connectivity index (χ1v) is 11.7.